The Morgan fingerprint density at radius 1 is 1.56 bits per heavy atom. The molecule has 0 aromatic rings. The monoisotopic (exact) mass is 125 g/mol. The van der Waals surface area contributed by atoms with Crippen LogP contribution in [0.1, 0.15) is 13.8 Å². The molecule has 1 aliphatic heterocycles. The van der Waals surface area contributed by atoms with Crippen LogP contribution < -0.4 is 0 Å². The summed E-state index contributed by atoms with van der Waals surface area (Å²) < 4.78 is 0. The Kier molecular flexibility index (Phi) is 1.79. The summed E-state index contributed by atoms with van der Waals surface area (Å²) in [7, 11) is 2.12. The third-order valence-corrected chi connectivity index (χ3v) is 1.94. The lowest BCUT2D eigenvalue weighted by Crippen LogP contribution is -2.16. The smallest absolute Gasteiger partial charge is 0.0235 e. The maximum absolute atomic E-state index is 2.30. The third kappa shape index (κ3) is 1.47. The van der Waals surface area contributed by atoms with E-state index in [0.717, 1.165) is 11.8 Å². The fourth-order valence-corrected chi connectivity index (χ4v) is 1.14. The molecule has 1 rings (SSSR count). The Labute approximate surface area is 57.4 Å². The molecule has 1 heterocycles. The highest BCUT2D eigenvalue weighted by Gasteiger charge is 2.15. The summed E-state index contributed by atoms with van der Waals surface area (Å²) in [5, 5.41) is 0. The number of nitrogens with zero attached hydrogens (tertiary/aromatic N) is 1. The van der Waals surface area contributed by atoms with Crippen LogP contribution in [0.25, 0.3) is 0 Å². The predicted octanol–water partition coefficient (Wildman–Crippen LogP) is 1.72. The fourth-order valence-electron chi connectivity index (χ4n) is 1.14. The first-order valence-corrected chi connectivity index (χ1v) is 3.58. The minimum atomic E-state index is 0.787. The lowest BCUT2D eigenvalue weighted by molar-refractivity contribution is 0.375. The molecule has 0 amide bonds. The van der Waals surface area contributed by atoms with Crippen LogP contribution in [0.5, 0.6) is 0 Å². The van der Waals surface area contributed by atoms with Crippen molar-refractivity contribution in [1.82, 2.24) is 4.90 Å². The van der Waals surface area contributed by atoms with Crippen molar-refractivity contribution in [1.29, 1.82) is 0 Å². The molecular weight excluding hydrogens is 110 g/mol. The Morgan fingerprint density at radius 2 is 2.22 bits per heavy atom. The second-order valence-electron chi connectivity index (χ2n) is 3.19. The Balaban J connectivity index is 2.41. The second-order valence-corrected chi connectivity index (χ2v) is 3.19. The van der Waals surface area contributed by atoms with Gasteiger partial charge in [0, 0.05) is 13.6 Å². The second kappa shape index (κ2) is 2.42. The summed E-state index contributed by atoms with van der Waals surface area (Å²) in [6.07, 6.45) is 4.47. The maximum Gasteiger partial charge on any atom is 0.0235 e. The zero-order valence-electron chi connectivity index (χ0n) is 6.46. The van der Waals surface area contributed by atoms with Gasteiger partial charge in [0.25, 0.3) is 0 Å². The molecule has 1 atom stereocenters. The molecule has 0 N–H and O–H groups in total. The lowest BCUT2D eigenvalue weighted by atomic mass is 9.98. The van der Waals surface area contributed by atoms with Crippen molar-refractivity contribution >= 4 is 0 Å². The van der Waals surface area contributed by atoms with Crippen molar-refractivity contribution in [3.8, 4) is 0 Å². The van der Waals surface area contributed by atoms with Gasteiger partial charge in [0.15, 0.2) is 0 Å². The fraction of sp³-hybridized carbons (Fsp3) is 0.750. The Bertz CT molecular complexity index is 116. The molecule has 1 nitrogen and oxygen atoms in total. The molecule has 1 heteroatoms. The van der Waals surface area contributed by atoms with Crippen molar-refractivity contribution in [3.05, 3.63) is 12.3 Å². The van der Waals surface area contributed by atoms with Crippen LogP contribution in [-0.2, 0) is 0 Å². The van der Waals surface area contributed by atoms with Gasteiger partial charge in [-0.05, 0) is 18.0 Å². The van der Waals surface area contributed by atoms with E-state index in [1.807, 2.05) is 0 Å². The summed E-state index contributed by atoms with van der Waals surface area (Å²) in [5.74, 6) is 1.58. The van der Waals surface area contributed by atoms with Crippen LogP contribution >= 0.6 is 0 Å². The number of rotatable bonds is 1. The normalized spacial score (nSPS) is 26.2. The molecule has 0 aromatic heterocycles. The molecule has 1 unspecified atom stereocenters. The molecule has 0 aliphatic carbocycles. The van der Waals surface area contributed by atoms with Crippen LogP contribution in [-0.4, -0.2) is 18.5 Å². The quantitative estimate of drug-likeness (QED) is 0.515. The zero-order valence-corrected chi connectivity index (χ0v) is 6.46. The van der Waals surface area contributed by atoms with E-state index in [1.165, 1.54) is 6.54 Å². The Hall–Kier alpha value is -0.460. The van der Waals surface area contributed by atoms with Gasteiger partial charge in [0.2, 0.25) is 0 Å². The summed E-state index contributed by atoms with van der Waals surface area (Å²) in [5.41, 5.74) is 0. The number of hydrogen-bond acceptors (Lipinski definition) is 1. The molecule has 0 saturated carbocycles. The van der Waals surface area contributed by atoms with Crippen LogP contribution in [0.15, 0.2) is 12.3 Å². The highest BCUT2D eigenvalue weighted by Crippen LogP contribution is 2.18. The first-order chi connectivity index (χ1) is 4.20. The van der Waals surface area contributed by atoms with Crippen LogP contribution in [0.4, 0.5) is 0 Å². The largest absolute Gasteiger partial charge is 0.380 e. The average molecular weight is 125 g/mol. The maximum atomic E-state index is 2.30. The zero-order chi connectivity index (χ0) is 6.85. The molecule has 52 valence electrons. The van der Waals surface area contributed by atoms with Gasteiger partial charge in [-0.2, -0.15) is 0 Å². The highest BCUT2D eigenvalue weighted by molar-refractivity contribution is 4.97. The predicted molar refractivity (Wildman–Crippen MR) is 40.1 cm³/mol. The molecule has 0 bridgehead atoms. The van der Waals surface area contributed by atoms with Crippen LogP contribution in [0, 0.1) is 11.8 Å². The van der Waals surface area contributed by atoms with Crippen molar-refractivity contribution in [2.75, 3.05) is 13.6 Å². The molecule has 0 aromatic carbocycles. The topological polar surface area (TPSA) is 3.24 Å². The standard InChI is InChI=1S/C8H15N/c1-7(2)8-4-5-9(3)6-8/h4-5,7-8H,6H2,1-3H3. The van der Waals surface area contributed by atoms with Gasteiger partial charge in [-0.1, -0.05) is 19.9 Å². The van der Waals surface area contributed by atoms with E-state index in [-0.39, 0.29) is 0 Å². The highest BCUT2D eigenvalue weighted by atomic mass is 15.1. The summed E-state index contributed by atoms with van der Waals surface area (Å²) in [4.78, 5) is 2.24. The van der Waals surface area contributed by atoms with Gasteiger partial charge in [-0.3, -0.25) is 0 Å². The van der Waals surface area contributed by atoms with E-state index in [2.05, 4.69) is 38.1 Å². The van der Waals surface area contributed by atoms with Crippen molar-refractivity contribution in [2.24, 2.45) is 11.8 Å². The van der Waals surface area contributed by atoms with Gasteiger partial charge in [0.05, 0.1) is 0 Å². The van der Waals surface area contributed by atoms with Gasteiger partial charge in [0.1, 0.15) is 0 Å². The summed E-state index contributed by atoms with van der Waals surface area (Å²) in [6.45, 7) is 5.75. The van der Waals surface area contributed by atoms with E-state index in [9.17, 15) is 0 Å². The molecular formula is C8H15N. The van der Waals surface area contributed by atoms with E-state index >= 15 is 0 Å². The van der Waals surface area contributed by atoms with E-state index < -0.39 is 0 Å². The molecule has 0 fully saturated rings. The molecule has 0 spiro atoms. The molecule has 1 aliphatic rings. The Morgan fingerprint density at radius 3 is 2.44 bits per heavy atom. The summed E-state index contributed by atoms with van der Waals surface area (Å²) in [6, 6.07) is 0. The average Bonchev–Trinajstić information content (AvgIpc) is 2.14. The minimum absolute atomic E-state index is 0.787. The van der Waals surface area contributed by atoms with Crippen molar-refractivity contribution < 1.29 is 0 Å². The van der Waals surface area contributed by atoms with Crippen molar-refractivity contribution in [3.63, 3.8) is 0 Å². The van der Waals surface area contributed by atoms with Gasteiger partial charge in [-0.25, -0.2) is 0 Å². The molecule has 0 saturated heterocycles. The SMILES string of the molecule is CC(C)C1C=CN(C)C1. The van der Waals surface area contributed by atoms with Gasteiger partial charge in [-0.15, -0.1) is 0 Å². The van der Waals surface area contributed by atoms with Crippen LogP contribution in [0.3, 0.4) is 0 Å². The van der Waals surface area contributed by atoms with Gasteiger partial charge >= 0.3 is 0 Å². The molecule has 0 radical (unpaired) electrons. The molecule has 9 heavy (non-hydrogen) atoms. The van der Waals surface area contributed by atoms with E-state index in [4.69, 9.17) is 0 Å². The minimum Gasteiger partial charge on any atom is -0.380 e. The van der Waals surface area contributed by atoms with Crippen molar-refractivity contribution in [2.45, 2.75) is 13.8 Å². The number of hydrogen-bond donors (Lipinski definition) is 0. The summed E-state index contributed by atoms with van der Waals surface area (Å²) >= 11 is 0. The first kappa shape index (κ1) is 6.66. The third-order valence-electron chi connectivity index (χ3n) is 1.94. The van der Waals surface area contributed by atoms with Crippen LogP contribution in [0.2, 0.25) is 0 Å². The van der Waals surface area contributed by atoms with Gasteiger partial charge < -0.3 is 4.90 Å². The lowest BCUT2D eigenvalue weighted by Gasteiger charge is -2.14. The first-order valence-electron chi connectivity index (χ1n) is 3.58. The van der Waals surface area contributed by atoms with E-state index in [1.54, 1.807) is 0 Å². The van der Waals surface area contributed by atoms with E-state index in [0.29, 0.717) is 0 Å².